The van der Waals surface area contributed by atoms with Crippen LogP contribution in [-0.4, -0.2) is 33.5 Å². The topological polar surface area (TPSA) is 101 Å². The highest BCUT2D eigenvalue weighted by atomic mass is 79.9. The molecule has 0 saturated carbocycles. The van der Waals surface area contributed by atoms with Crippen molar-refractivity contribution in [1.29, 1.82) is 0 Å². The average molecular weight is 544 g/mol. The molecule has 2 amide bonds. The minimum absolute atomic E-state index is 0.128. The first-order chi connectivity index (χ1) is 17.4. The van der Waals surface area contributed by atoms with Gasteiger partial charge in [0.2, 0.25) is 11.8 Å². The molecule has 2 saturated heterocycles. The molecule has 3 aromatic carbocycles. The zero-order chi connectivity index (χ0) is 25.1. The molecule has 0 bridgehead atoms. The van der Waals surface area contributed by atoms with E-state index in [-0.39, 0.29) is 17.2 Å². The van der Waals surface area contributed by atoms with Crippen molar-refractivity contribution in [3.8, 4) is 0 Å². The van der Waals surface area contributed by atoms with Gasteiger partial charge in [0.15, 0.2) is 5.78 Å². The molecule has 3 heterocycles. The Morgan fingerprint density at radius 3 is 2.39 bits per heavy atom. The summed E-state index contributed by atoms with van der Waals surface area (Å²) in [6.45, 7) is 0. The number of Topliss-reactive ketones (excluding diaryl/α,β-unsaturated/α-hetero) is 1. The molecular weight excluding hydrogens is 526 g/mol. The summed E-state index contributed by atoms with van der Waals surface area (Å²) in [5.74, 6) is -2.95. The Kier molecular flexibility index (Phi) is 5.11. The first kappa shape index (κ1) is 22.4. The maximum Gasteiger partial charge on any atom is 0.270 e. The van der Waals surface area contributed by atoms with Gasteiger partial charge in [-0.3, -0.25) is 24.5 Å². The lowest BCUT2D eigenvalue weighted by Crippen LogP contribution is -2.44. The van der Waals surface area contributed by atoms with Crippen LogP contribution in [0.4, 0.5) is 11.4 Å². The predicted molar refractivity (Wildman–Crippen MR) is 135 cm³/mol. The van der Waals surface area contributed by atoms with Gasteiger partial charge < -0.3 is 4.90 Å². The number of imide groups is 1. The Morgan fingerprint density at radius 1 is 0.917 bits per heavy atom. The van der Waals surface area contributed by atoms with E-state index in [1.807, 2.05) is 30.3 Å². The smallest absolute Gasteiger partial charge is 0.270 e. The van der Waals surface area contributed by atoms with E-state index in [0.29, 0.717) is 5.69 Å². The normalized spacial score (nSPS) is 23.9. The number of amides is 2. The lowest BCUT2D eigenvalue weighted by atomic mass is 9.83. The number of hydrogen-bond donors (Lipinski definition) is 0. The molecule has 0 N–H and O–H groups in total. The van der Waals surface area contributed by atoms with Gasteiger partial charge in [-0.2, -0.15) is 0 Å². The maximum absolute atomic E-state index is 13.9. The molecule has 36 heavy (non-hydrogen) atoms. The molecule has 2 fully saturated rings. The molecule has 0 spiro atoms. The van der Waals surface area contributed by atoms with Gasteiger partial charge in [-0.25, -0.2) is 4.90 Å². The standard InChI is InChI=1S/C27H18BrN3O5/c28-17-8-10-18(11-9-17)30-26(33)21-22(27(30)34)24(25(32)16-5-3-6-19(14-16)31(35)36)29-13-12-15-4-1-2-7-20(15)23(21)29/h1-14,21-24H/t21-,22+,23+,24-/m0/s1. The van der Waals surface area contributed by atoms with Crippen molar-refractivity contribution in [2.45, 2.75) is 12.1 Å². The van der Waals surface area contributed by atoms with E-state index in [4.69, 9.17) is 0 Å². The van der Waals surface area contributed by atoms with Crippen LogP contribution < -0.4 is 4.90 Å². The Balaban J connectivity index is 1.49. The van der Waals surface area contributed by atoms with E-state index in [0.717, 1.165) is 15.6 Å². The first-order valence-electron chi connectivity index (χ1n) is 11.3. The fraction of sp³-hybridized carbons (Fsp3) is 0.148. The molecule has 3 aliphatic rings. The second-order valence-electron chi connectivity index (χ2n) is 8.99. The predicted octanol–water partition coefficient (Wildman–Crippen LogP) is 4.76. The number of rotatable bonds is 4. The second kappa shape index (κ2) is 8.23. The van der Waals surface area contributed by atoms with E-state index >= 15 is 0 Å². The summed E-state index contributed by atoms with van der Waals surface area (Å²) >= 11 is 3.37. The molecule has 178 valence electrons. The van der Waals surface area contributed by atoms with Crippen molar-refractivity contribution in [3.05, 3.63) is 110 Å². The number of carbonyl (C=O) groups is 3. The van der Waals surface area contributed by atoms with Gasteiger partial charge in [0.1, 0.15) is 6.04 Å². The van der Waals surface area contributed by atoms with E-state index in [2.05, 4.69) is 15.9 Å². The summed E-state index contributed by atoms with van der Waals surface area (Å²) in [4.78, 5) is 55.3. The van der Waals surface area contributed by atoms with Crippen molar-refractivity contribution in [1.82, 2.24) is 4.90 Å². The molecule has 0 radical (unpaired) electrons. The molecule has 0 aliphatic carbocycles. The summed E-state index contributed by atoms with van der Waals surface area (Å²) in [5, 5.41) is 11.3. The summed E-state index contributed by atoms with van der Waals surface area (Å²) in [7, 11) is 0. The third-order valence-electron chi connectivity index (χ3n) is 7.16. The number of non-ortho nitro benzene ring substituents is 1. The van der Waals surface area contributed by atoms with Gasteiger partial charge in [0, 0.05) is 28.4 Å². The molecule has 0 aromatic heterocycles. The number of hydrogen-bond acceptors (Lipinski definition) is 6. The van der Waals surface area contributed by atoms with Crippen molar-refractivity contribution in [2.75, 3.05) is 4.90 Å². The zero-order valence-corrected chi connectivity index (χ0v) is 20.2. The molecule has 6 rings (SSSR count). The molecule has 8 nitrogen and oxygen atoms in total. The Labute approximate surface area is 214 Å². The summed E-state index contributed by atoms with van der Waals surface area (Å²) in [6.07, 6.45) is 3.62. The van der Waals surface area contributed by atoms with Crippen molar-refractivity contribution < 1.29 is 19.3 Å². The highest BCUT2D eigenvalue weighted by Gasteiger charge is 2.64. The number of benzene rings is 3. The average Bonchev–Trinajstić information content (AvgIpc) is 3.37. The molecule has 9 heteroatoms. The van der Waals surface area contributed by atoms with E-state index in [1.54, 1.807) is 35.4 Å². The second-order valence-corrected chi connectivity index (χ2v) is 9.91. The highest BCUT2D eigenvalue weighted by Crippen LogP contribution is 2.53. The minimum atomic E-state index is -0.983. The monoisotopic (exact) mass is 543 g/mol. The quantitative estimate of drug-likeness (QED) is 0.203. The van der Waals surface area contributed by atoms with Crippen molar-refractivity contribution in [2.24, 2.45) is 11.8 Å². The summed E-state index contributed by atoms with van der Waals surface area (Å²) in [6, 6.07) is 18.5. The lowest BCUT2D eigenvalue weighted by molar-refractivity contribution is -0.384. The molecule has 0 unspecified atom stereocenters. The van der Waals surface area contributed by atoms with Crippen LogP contribution in [0, 0.1) is 22.0 Å². The summed E-state index contributed by atoms with van der Waals surface area (Å²) in [5.41, 5.74) is 2.14. The van der Waals surface area contributed by atoms with Gasteiger partial charge in [-0.15, -0.1) is 0 Å². The van der Waals surface area contributed by atoms with Crippen LogP contribution in [0.3, 0.4) is 0 Å². The van der Waals surface area contributed by atoms with E-state index in [9.17, 15) is 24.5 Å². The van der Waals surface area contributed by atoms with Gasteiger partial charge in [0.25, 0.3) is 5.69 Å². The van der Waals surface area contributed by atoms with Gasteiger partial charge >= 0.3 is 0 Å². The van der Waals surface area contributed by atoms with Crippen LogP contribution in [0.2, 0.25) is 0 Å². The van der Waals surface area contributed by atoms with E-state index in [1.165, 1.54) is 29.2 Å². The number of ketones is 1. The van der Waals surface area contributed by atoms with Crippen LogP contribution >= 0.6 is 15.9 Å². The molecule has 3 aliphatic heterocycles. The van der Waals surface area contributed by atoms with Gasteiger partial charge in [-0.05, 0) is 41.5 Å². The van der Waals surface area contributed by atoms with Gasteiger partial charge in [-0.1, -0.05) is 52.3 Å². The third-order valence-corrected chi connectivity index (χ3v) is 7.69. The fourth-order valence-electron chi connectivity index (χ4n) is 5.65. The number of fused-ring (bicyclic) bond motifs is 5. The maximum atomic E-state index is 13.9. The zero-order valence-electron chi connectivity index (χ0n) is 18.7. The third kappa shape index (κ3) is 3.23. The Morgan fingerprint density at radius 2 is 1.64 bits per heavy atom. The van der Waals surface area contributed by atoms with Crippen molar-refractivity contribution in [3.63, 3.8) is 0 Å². The highest BCUT2D eigenvalue weighted by molar-refractivity contribution is 9.10. The van der Waals surface area contributed by atoms with Crippen LogP contribution in [-0.2, 0) is 9.59 Å². The first-order valence-corrected chi connectivity index (χ1v) is 12.1. The number of halogens is 1. The SMILES string of the molecule is O=C(c1cccc([N+](=O)[O-])c1)[C@@H]1[C@@H]2C(=O)N(c3ccc(Br)cc3)C(=O)[C@@H]2[C@H]2c3ccccc3C=CN12. The van der Waals surface area contributed by atoms with Crippen LogP contribution in [0.25, 0.3) is 6.08 Å². The van der Waals surface area contributed by atoms with Gasteiger partial charge in [0.05, 0.1) is 28.5 Å². The van der Waals surface area contributed by atoms with E-state index < -0.39 is 40.5 Å². The van der Waals surface area contributed by atoms with Crippen LogP contribution in [0.15, 0.2) is 83.5 Å². The number of nitro groups is 1. The number of nitrogens with zero attached hydrogens (tertiary/aromatic N) is 3. The number of carbonyl (C=O) groups excluding carboxylic acids is 3. The molecule has 3 aromatic rings. The largest absolute Gasteiger partial charge is 0.358 e. The minimum Gasteiger partial charge on any atom is -0.358 e. The van der Waals surface area contributed by atoms with Crippen molar-refractivity contribution >= 4 is 51.0 Å². The molecular formula is C27H18BrN3O5. The lowest BCUT2D eigenvalue weighted by Gasteiger charge is -2.35. The fourth-order valence-corrected chi connectivity index (χ4v) is 5.91. The van der Waals surface area contributed by atoms with Crippen LogP contribution in [0.1, 0.15) is 27.5 Å². The number of nitro benzene ring substituents is 1. The summed E-state index contributed by atoms with van der Waals surface area (Å²) < 4.78 is 0.807. The molecule has 4 atom stereocenters. The number of anilines is 1. The van der Waals surface area contributed by atoms with Crippen LogP contribution in [0.5, 0.6) is 0 Å². The Hall–Kier alpha value is -4.11. The Bertz CT molecular complexity index is 1480.